The summed E-state index contributed by atoms with van der Waals surface area (Å²) in [7, 11) is -3.83. The van der Waals surface area contributed by atoms with Crippen LogP contribution >= 0.6 is 0 Å². The molecule has 1 saturated heterocycles. The molecular weight excluding hydrogens is 359 g/mol. The Morgan fingerprint density at radius 3 is 2.62 bits per heavy atom. The number of rotatable bonds is 4. The second kappa shape index (κ2) is 7.43. The van der Waals surface area contributed by atoms with Crippen LogP contribution in [0.5, 0.6) is 5.75 Å². The molecule has 1 unspecified atom stereocenters. The zero-order chi connectivity index (χ0) is 18.7. The molecule has 0 bridgehead atoms. The molecular formula is C18H19FN2O4S. The number of phenolic OH excluding ortho intramolecular Hbond substituents is 1. The Morgan fingerprint density at radius 1 is 1.15 bits per heavy atom. The van der Waals surface area contributed by atoms with E-state index in [0.29, 0.717) is 19.3 Å². The van der Waals surface area contributed by atoms with Gasteiger partial charge < -0.3 is 10.4 Å². The largest absolute Gasteiger partial charge is 0.506 e. The standard InChI is InChI=1S/C18H19FN2O4S/c19-13-9-10-17(22)15(12-13)20-18(23)16-8-4-5-11-21(16)26(24,25)14-6-2-1-3-7-14/h1-3,6-7,9-10,12,16,22H,4-5,8,11H2,(H,20,23). The van der Waals surface area contributed by atoms with Crippen LogP contribution in [0.2, 0.25) is 0 Å². The predicted octanol–water partition coefficient (Wildman–Crippen LogP) is 2.71. The van der Waals surface area contributed by atoms with E-state index < -0.39 is 27.8 Å². The summed E-state index contributed by atoms with van der Waals surface area (Å²) in [6, 6.07) is 10.2. The second-order valence-corrected chi connectivity index (χ2v) is 7.98. The number of carbonyl (C=O) groups is 1. The summed E-state index contributed by atoms with van der Waals surface area (Å²) in [6.45, 7) is 0.227. The number of nitrogens with one attached hydrogen (secondary N) is 1. The Labute approximate surface area is 151 Å². The van der Waals surface area contributed by atoms with Crippen molar-refractivity contribution in [3.05, 3.63) is 54.3 Å². The summed E-state index contributed by atoms with van der Waals surface area (Å²) < 4.78 is 40.4. The lowest BCUT2D eigenvalue weighted by atomic mass is 10.0. The normalized spacial score (nSPS) is 18.4. The number of hydrogen-bond donors (Lipinski definition) is 2. The van der Waals surface area contributed by atoms with Crippen molar-refractivity contribution in [2.24, 2.45) is 0 Å². The molecule has 1 aliphatic heterocycles. The smallest absolute Gasteiger partial charge is 0.243 e. The van der Waals surface area contributed by atoms with E-state index in [1.54, 1.807) is 18.2 Å². The summed E-state index contributed by atoms with van der Waals surface area (Å²) >= 11 is 0. The van der Waals surface area contributed by atoms with Crippen LogP contribution in [0.1, 0.15) is 19.3 Å². The fourth-order valence-electron chi connectivity index (χ4n) is 3.01. The highest BCUT2D eigenvalue weighted by Gasteiger charge is 2.37. The van der Waals surface area contributed by atoms with Crippen LogP contribution in [0, 0.1) is 5.82 Å². The summed E-state index contributed by atoms with van der Waals surface area (Å²) in [6.07, 6.45) is 1.71. The van der Waals surface area contributed by atoms with Crippen LogP contribution in [-0.4, -0.2) is 36.3 Å². The predicted molar refractivity (Wildman–Crippen MR) is 94.7 cm³/mol. The molecule has 1 amide bonds. The number of anilines is 1. The summed E-state index contributed by atoms with van der Waals surface area (Å²) in [5.41, 5.74) is -0.0855. The van der Waals surface area contributed by atoms with Crippen LogP contribution in [0.4, 0.5) is 10.1 Å². The monoisotopic (exact) mass is 378 g/mol. The number of piperidine rings is 1. The molecule has 1 heterocycles. The van der Waals surface area contributed by atoms with Crippen molar-refractivity contribution < 1.29 is 22.7 Å². The molecule has 26 heavy (non-hydrogen) atoms. The fraction of sp³-hybridized carbons (Fsp3) is 0.278. The molecule has 3 rings (SSSR count). The van der Waals surface area contributed by atoms with Crippen LogP contribution in [0.15, 0.2) is 53.4 Å². The maximum atomic E-state index is 13.4. The Morgan fingerprint density at radius 2 is 1.88 bits per heavy atom. The van der Waals surface area contributed by atoms with Gasteiger partial charge in [0.15, 0.2) is 0 Å². The number of benzene rings is 2. The van der Waals surface area contributed by atoms with Gasteiger partial charge in [-0.25, -0.2) is 12.8 Å². The molecule has 8 heteroatoms. The molecule has 1 aliphatic rings. The first-order valence-corrected chi connectivity index (χ1v) is 9.70. The van der Waals surface area contributed by atoms with E-state index in [-0.39, 0.29) is 22.9 Å². The molecule has 0 aliphatic carbocycles. The highest BCUT2D eigenvalue weighted by atomic mass is 32.2. The molecule has 1 atom stereocenters. The number of sulfonamides is 1. The van der Waals surface area contributed by atoms with Gasteiger partial charge in [-0.2, -0.15) is 4.31 Å². The number of halogens is 1. The summed E-state index contributed by atoms with van der Waals surface area (Å²) in [4.78, 5) is 12.8. The van der Waals surface area contributed by atoms with Gasteiger partial charge in [-0.3, -0.25) is 4.79 Å². The van der Waals surface area contributed by atoms with Crippen LogP contribution in [-0.2, 0) is 14.8 Å². The molecule has 2 aromatic rings. The average Bonchev–Trinajstić information content (AvgIpc) is 2.65. The first-order valence-electron chi connectivity index (χ1n) is 8.26. The van der Waals surface area contributed by atoms with E-state index >= 15 is 0 Å². The zero-order valence-corrected chi connectivity index (χ0v) is 14.7. The highest BCUT2D eigenvalue weighted by Crippen LogP contribution is 2.28. The van der Waals surface area contributed by atoms with Gasteiger partial charge in [0.1, 0.15) is 17.6 Å². The number of nitrogens with zero attached hydrogens (tertiary/aromatic N) is 1. The van der Waals surface area contributed by atoms with Gasteiger partial charge >= 0.3 is 0 Å². The molecule has 2 aromatic carbocycles. The van der Waals surface area contributed by atoms with Crippen molar-refractivity contribution in [1.29, 1.82) is 0 Å². The topological polar surface area (TPSA) is 86.7 Å². The fourth-order valence-corrected chi connectivity index (χ4v) is 4.68. The Kier molecular flexibility index (Phi) is 5.24. The van der Waals surface area contributed by atoms with E-state index in [0.717, 1.165) is 18.2 Å². The van der Waals surface area contributed by atoms with Gasteiger partial charge in [0.25, 0.3) is 0 Å². The summed E-state index contributed by atoms with van der Waals surface area (Å²) in [5, 5.41) is 12.2. The quantitative estimate of drug-likeness (QED) is 0.801. The Hall–Kier alpha value is -2.45. The van der Waals surface area contributed by atoms with Gasteiger partial charge in [-0.05, 0) is 37.1 Å². The van der Waals surface area contributed by atoms with Crippen molar-refractivity contribution in [2.45, 2.75) is 30.2 Å². The third-order valence-electron chi connectivity index (χ3n) is 4.32. The minimum atomic E-state index is -3.83. The van der Waals surface area contributed by atoms with E-state index in [2.05, 4.69) is 5.32 Å². The van der Waals surface area contributed by atoms with Crippen molar-refractivity contribution in [3.63, 3.8) is 0 Å². The molecule has 0 spiro atoms. The molecule has 2 N–H and O–H groups in total. The van der Waals surface area contributed by atoms with E-state index in [1.165, 1.54) is 16.4 Å². The molecule has 0 aromatic heterocycles. The van der Waals surface area contributed by atoms with E-state index in [1.807, 2.05) is 0 Å². The van der Waals surface area contributed by atoms with E-state index in [9.17, 15) is 22.7 Å². The number of carbonyl (C=O) groups excluding carboxylic acids is 1. The van der Waals surface area contributed by atoms with Crippen molar-refractivity contribution >= 4 is 21.6 Å². The number of amides is 1. The minimum absolute atomic E-state index is 0.0855. The molecule has 1 fully saturated rings. The van der Waals surface area contributed by atoms with Crippen molar-refractivity contribution in [3.8, 4) is 5.75 Å². The molecule has 138 valence electrons. The SMILES string of the molecule is O=C(Nc1cc(F)ccc1O)C1CCCCN1S(=O)(=O)c1ccccc1. The van der Waals surface area contributed by atoms with Crippen molar-refractivity contribution in [1.82, 2.24) is 4.31 Å². The lowest BCUT2D eigenvalue weighted by Crippen LogP contribution is -2.49. The minimum Gasteiger partial charge on any atom is -0.506 e. The zero-order valence-electron chi connectivity index (χ0n) is 13.9. The van der Waals surface area contributed by atoms with Gasteiger partial charge in [0, 0.05) is 12.6 Å². The van der Waals surface area contributed by atoms with E-state index in [4.69, 9.17) is 0 Å². The molecule has 6 nitrogen and oxygen atoms in total. The third-order valence-corrected chi connectivity index (χ3v) is 6.25. The first-order chi connectivity index (χ1) is 12.4. The maximum absolute atomic E-state index is 13.4. The highest BCUT2D eigenvalue weighted by molar-refractivity contribution is 7.89. The summed E-state index contributed by atoms with van der Waals surface area (Å²) in [5.74, 6) is -1.49. The number of hydrogen-bond acceptors (Lipinski definition) is 4. The van der Waals surface area contributed by atoms with Gasteiger partial charge in [0.05, 0.1) is 10.6 Å². The number of aromatic hydroxyl groups is 1. The van der Waals surface area contributed by atoms with Gasteiger partial charge in [0.2, 0.25) is 15.9 Å². The van der Waals surface area contributed by atoms with Crippen LogP contribution in [0.3, 0.4) is 0 Å². The van der Waals surface area contributed by atoms with Crippen LogP contribution in [0.25, 0.3) is 0 Å². The maximum Gasteiger partial charge on any atom is 0.243 e. The first kappa shape index (κ1) is 18.3. The van der Waals surface area contributed by atoms with Crippen molar-refractivity contribution in [2.75, 3.05) is 11.9 Å². The number of phenols is 1. The van der Waals surface area contributed by atoms with Gasteiger partial charge in [-0.1, -0.05) is 24.6 Å². The Bertz CT molecular complexity index is 903. The molecule has 0 saturated carbocycles. The molecule has 0 radical (unpaired) electrons. The lowest BCUT2D eigenvalue weighted by molar-refractivity contribution is -0.120. The average molecular weight is 378 g/mol. The van der Waals surface area contributed by atoms with Crippen LogP contribution < -0.4 is 5.32 Å². The lowest BCUT2D eigenvalue weighted by Gasteiger charge is -2.33. The second-order valence-electron chi connectivity index (χ2n) is 6.09. The Balaban J connectivity index is 1.87. The van der Waals surface area contributed by atoms with Gasteiger partial charge in [-0.15, -0.1) is 0 Å². The third kappa shape index (κ3) is 3.71.